The molecule has 1 aliphatic rings. The summed E-state index contributed by atoms with van der Waals surface area (Å²) in [6.07, 6.45) is 0. The molecule has 0 radical (unpaired) electrons. The number of Topliss-reactive ketones (excluding diaryl/α,β-unsaturated/α-hetero) is 1. The first kappa shape index (κ1) is 28.1. The second kappa shape index (κ2) is 11.5. The summed E-state index contributed by atoms with van der Waals surface area (Å²) in [5, 5.41) is 11.5. The Morgan fingerprint density at radius 1 is 0.974 bits per heavy atom. The molecule has 1 heterocycles. The van der Waals surface area contributed by atoms with Gasteiger partial charge in [0.25, 0.3) is 11.7 Å². The van der Waals surface area contributed by atoms with Gasteiger partial charge in [-0.05, 0) is 66.9 Å². The first-order valence-corrected chi connectivity index (χ1v) is 13.3. The van der Waals surface area contributed by atoms with E-state index >= 15 is 0 Å². The Morgan fingerprint density at radius 3 is 2.23 bits per heavy atom. The average Bonchev–Trinajstić information content (AvgIpc) is 3.15. The van der Waals surface area contributed by atoms with Crippen LogP contribution in [0.1, 0.15) is 54.6 Å². The summed E-state index contributed by atoms with van der Waals surface area (Å²) < 4.78 is 5.99. The molecule has 0 bridgehead atoms. The van der Waals surface area contributed by atoms with E-state index in [0.717, 1.165) is 22.3 Å². The Labute approximate surface area is 231 Å². The Balaban J connectivity index is 1.71. The average molecular weight is 527 g/mol. The van der Waals surface area contributed by atoms with Gasteiger partial charge in [0.2, 0.25) is 0 Å². The van der Waals surface area contributed by atoms with Crippen LogP contribution in [0.4, 0.5) is 0 Å². The molecule has 204 valence electrons. The van der Waals surface area contributed by atoms with Gasteiger partial charge in [-0.2, -0.15) is 0 Å². The number of benzene rings is 3. The van der Waals surface area contributed by atoms with Gasteiger partial charge in [0.1, 0.15) is 18.1 Å². The van der Waals surface area contributed by atoms with Crippen molar-refractivity contribution in [2.24, 2.45) is 0 Å². The van der Waals surface area contributed by atoms with Crippen LogP contribution < -0.4 is 4.74 Å². The van der Waals surface area contributed by atoms with Crippen LogP contribution in [-0.4, -0.2) is 53.8 Å². The number of nitrogens with zero attached hydrogens (tertiary/aromatic N) is 2. The Bertz CT molecular complexity index is 1370. The molecular formula is C33H38N2O4. The van der Waals surface area contributed by atoms with E-state index in [9.17, 15) is 14.7 Å². The zero-order valence-electron chi connectivity index (χ0n) is 23.7. The van der Waals surface area contributed by atoms with Crippen molar-refractivity contribution >= 4 is 17.4 Å². The number of hydrogen-bond acceptors (Lipinski definition) is 5. The molecule has 1 atom stereocenters. The topological polar surface area (TPSA) is 70.1 Å². The zero-order valence-corrected chi connectivity index (χ0v) is 23.7. The number of rotatable bonds is 8. The van der Waals surface area contributed by atoms with E-state index in [1.807, 2.05) is 80.5 Å². The molecule has 1 amide bonds. The normalized spacial score (nSPS) is 17.2. The van der Waals surface area contributed by atoms with Crippen LogP contribution in [0.5, 0.6) is 5.75 Å². The summed E-state index contributed by atoms with van der Waals surface area (Å²) in [7, 11) is 3.85. The van der Waals surface area contributed by atoms with Crippen molar-refractivity contribution in [1.29, 1.82) is 0 Å². The van der Waals surface area contributed by atoms with Crippen LogP contribution in [0.2, 0.25) is 0 Å². The van der Waals surface area contributed by atoms with Gasteiger partial charge in [0.05, 0.1) is 11.6 Å². The molecule has 0 saturated carbocycles. The molecule has 39 heavy (non-hydrogen) atoms. The number of likely N-dealkylation sites (tertiary alicyclic amines) is 1. The zero-order chi connectivity index (χ0) is 28.3. The lowest BCUT2D eigenvalue weighted by Crippen LogP contribution is -2.35. The molecule has 3 aromatic carbocycles. The third kappa shape index (κ3) is 6.23. The molecule has 4 rings (SSSR count). The van der Waals surface area contributed by atoms with E-state index in [4.69, 9.17) is 4.74 Å². The minimum Gasteiger partial charge on any atom is -0.507 e. The Kier molecular flexibility index (Phi) is 8.26. The minimum atomic E-state index is -0.673. The van der Waals surface area contributed by atoms with Gasteiger partial charge >= 0.3 is 0 Å². The van der Waals surface area contributed by atoms with Crippen LogP contribution in [0.25, 0.3) is 5.76 Å². The van der Waals surface area contributed by atoms with Gasteiger partial charge in [0.15, 0.2) is 0 Å². The third-order valence-corrected chi connectivity index (χ3v) is 7.11. The van der Waals surface area contributed by atoms with Crippen molar-refractivity contribution in [1.82, 2.24) is 9.80 Å². The summed E-state index contributed by atoms with van der Waals surface area (Å²) in [4.78, 5) is 30.1. The molecule has 1 aliphatic heterocycles. The quantitative estimate of drug-likeness (QED) is 0.226. The maximum atomic E-state index is 13.3. The maximum absolute atomic E-state index is 13.3. The van der Waals surface area contributed by atoms with Crippen molar-refractivity contribution in [2.75, 3.05) is 27.2 Å². The first-order valence-electron chi connectivity index (χ1n) is 13.3. The highest BCUT2D eigenvalue weighted by atomic mass is 16.5. The highest BCUT2D eigenvalue weighted by Gasteiger charge is 2.46. The summed E-state index contributed by atoms with van der Waals surface area (Å²) in [6.45, 7) is 9.70. The largest absolute Gasteiger partial charge is 0.507 e. The highest BCUT2D eigenvalue weighted by molar-refractivity contribution is 6.46. The number of aliphatic hydroxyl groups is 1. The molecule has 1 N–H and O–H groups in total. The predicted octanol–water partition coefficient (Wildman–Crippen LogP) is 5.85. The second-order valence-corrected chi connectivity index (χ2v) is 11.4. The van der Waals surface area contributed by atoms with E-state index in [1.54, 1.807) is 23.1 Å². The molecular weight excluding hydrogens is 488 g/mol. The van der Waals surface area contributed by atoms with Crippen LogP contribution in [0.15, 0.2) is 78.4 Å². The first-order chi connectivity index (χ1) is 18.5. The SMILES string of the molecule is Cc1cc(C(O)=C2C(=O)C(=O)N(CCN(C)C)C2c2ccc(C(C)(C)C)cc2)ccc1OCc1ccccc1. The molecule has 1 unspecified atom stereocenters. The van der Waals surface area contributed by atoms with Crippen LogP contribution >= 0.6 is 0 Å². The van der Waals surface area contributed by atoms with Crippen molar-refractivity contribution in [3.8, 4) is 5.75 Å². The molecule has 1 fully saturated rings. The van der Waals surface area contributed by atoms with E-state index in [-0.39, 0.29) is 16.7 Å². The van der Waals surface area contributed by atoms with Crippen LogP contribution in [0.3, 0.4) is 0 Å². The van der Waals surface area contributed by atoms with Gasteiger partial charge in [-0.3, -0.25) is 9.59 Å². The van der Waals surface area contributed by atoms with Gasteiger partial charge in [-0.15, -0.1) is 0 Å². The van der Waals surface area contributed by atoms with Crippen molar-refractivity contribution < 1.29 is 19.4 Å². The number of ketones is 1. The smallest absolute Gasteiger partial charge is 0.295 e. The molecule has 0 aromatic heterocycles. The van der Waals surface area contributed by atoms with Gasteiger partial charge in [-0.25, -0.2) is 0 Å². The lowest BCUT2D eigenvalue weighted by atomic mass is 9.85. The third-order valence-electron chi connectivity index (χ3n) is 7.11. The fourth-order valence-corrected chi connectivity index (χ4v) is 4.78. The van der Waals surface area contributed by atoms with E-state index in [1.165, 1.54) is 0 Å². The molecule has 0 spiro atoms. The molecule has 0 aliphatic carbocycles. The Morgan fingerprint density at radius 2 is 1.64 bits per heavy atom. The van der Waals surface area contributed by atoms with Crippen molar-refractivity contribution in [3.63, 3.8) is 0 Å². The number of carbonyl (C=O) groups is 2. The van der Waals surface area contributed by atoms with Gasteiger partial charge < -0.3 is 19.6 Å². The molecule has 6 nitrogen and oxygen atoms in total. The lowest BCUT2D eigenvalue weighted by Gasteiger charge is -2.27. The van der Waals surface area contributed by atoms with E-state index in [0.29, 0.717) is 31.0 Å². The summed E-state index contributed by atoms with van der Waals surface area (Å²) in [5.41, 5.74) is 4.37. The van der Waals surface area contributed by atoms with E-state index < -0.39 is 17.7 Å². The molecule has 6 heteroatoms. The number of ether oxygens (including phenoxy) is 1. The maximum Gasteiger partial charge on any atom is 0.295 e. The lowest BCUT2D eigenvalue weighted by molar-refractivity contribution is -0.140. The summed E-state index contributed by atoms with van der Waals surface area (Å²) in [5.74, 6) is -0.750. The fourth-order valence-electron chi connectivity index (χ4n) is 4.78. The second-order valence-electron chi connectivity index (χ2n) is 11.4. The Hall–Kier alpha value is -3.90. The van der Waals surface area contributed by atoms with E-state index in [2.05, 4.69) is 20.8 Å². The van der Waals surface area contributed by atoms with Crippen molar-refractivity contribution in [2.45, 2.75) is 45.8 Å². The summed E-state index contributed by atoms with van der Waals surface area (Å²) in [6, 6.07) is 22.5. The number of aryl methyl sites for hydroxylation is 1. The number of amides is 1. The molecule has 1 saturated heterocycles. The fraction of sp³-hybridized carbons (Fsp3) is 0.333. The van der Waals surface area contributed by atoms with Gasteiger partial charge in [-0.1, -0.05) is 75.4 Å². The number of aliphatic hydroxyl groups excluding tert-OH is 1. The van der Waals surface area contributed by atoms with Crippen LogP contribution in [-0.2, 0) is 21.6 Å². The highest BCUT2D eigenvalue weighted by Crippen LogP contribution is 2.40. The van der Waals surface area contributed by atoms with Crippen LogP contribution in [0, 0.1) is 6.92 Å². The summed E-state index contributed by atoms with van der Waals surface area (Å²) >= 11 is 0. The standard InChI is InChI=1S/C33H38N2O4/c1-22-20-25(14-17-27(22)39-21-23-10-8-7-9-11-23)30(36)28-29(24-12-15-26(16-13-24)33(2,3)4)35(19-18-34(5)6)32(38)31(28)37/h7-17,20,29,36H,18-19,21H2,1-6H3. The monoisotopic (exact) mass is 526 g/mol. The number of carbonyl (C=O) groups excluding carboxylic acids is 2. The predicted molar refractivity (Wildman–Crippen MR) is 155 cm³/mol. The van der Waals surface area contributed by atoms with Crippen molar-refractivity contribution in [3.05, 3.63) is 106 Å². The number of likely N-dealkylation sites (N-methyl/N-ethyl adjacent to an activating group) is 1. The number of hydrogen-bond donors (Lipinski definition) is 1. The minimum absolute atomic E-state index is 0.0346. The molecule has 3 aromatic rings. The van der Waals surface area contributed by atoms with Gasteiger partial charge in [0, 0.05) is 18.7 Å².